The van der Waals surface area contributed by atoms with Crippen LogP contribution in [0.15, 0.2) is 24.3 Å². The lowest BCUT2D eigenvalue weighted by molar-refractivity contribution is -0.125. The van der Waals surface area contributed by atoms with E-state index >= 15 is 0 Å². The lowest BCUT2D eigenvalue weighted by Gasteiger charge is -2.13. The number of hydrogen-bond donors (Lipinski definition) is 3. The monoisotopic (exact) mass is 317 g/mol. The Morgan fingerprint density at radius 3 is 2.91 bits per heavy atom. The maximum Gasteiger partial charge on any atom is 0.253 e. The first kappa shape index (κ1) is 16.0. The number of anilines is 1. The van der Waals surface area contributed by atoms with Gasteiger partial charge in [-0.1, -0.05) is 12.1 Å². The minimum absolute atomic E-state index is 0.0670. The predicted molar refractivity (Wildman–Crippen MR) is 86.9 cm³/mol. The van der Waals surface area contributed by atoms with Gasteiger partial charge in [0.25, 0.3) is 5.91 Å². The molecule has 6 nitrogen and oxygen atoms in total. The molecule has 124 valence electrons. The molecule has 2 unspecified atom stereocenters. The Morgan fingerprint density at radius 2 is 2.17 bits per heavy atom. The van der Waals surface area contributed by atoms with Crippen molar-refractivity contribution in [2.75, 3.05) is 25.0 Å². The van der Waals surface area contributed by atoms with Crippen molar-refractivity contribution in [2.45, 2.75) is 31.9 Å². The molecule has 0 spiro atoms. The molecule has 0 saturated carbocycles. The smallest absolute Gasteiger partial charge is 0.253 e. The van der Waals surface area contributed by atoms with E-state index < -0.39 is 0 Å². The summed E-state index contributed by atoms with van der Waals surface area (Å²) in [4.78, 5) is 24.1. The van der Waals surface area contributed by atoms with Gasteiger partial charge in [-0.25, -0.2) is 0 Å². The van der Waals surface area contributed by atoms with E-state index in [-0.39, 0.29) is 23.8 Å². The number of benzene rings is 1. The first-order valence-electron chi connectivity index (χ1n) is 8.22. The fourth-order valence-electron chi connectivity index (χ4n) is 2.98. The van der Waals surface area contributed by atoms with Crippen LogP contribution in [0.5, 0.6) is 0 Å². The van der Waals surface area contributed by atoms with Crippen molar-refractivity contribution >= 4 is 17.5 Å². The molecule has 2 heterocycles. The molecule has 2 aliphatic rings. The van der Waals surface area contributed by atoms with Gasteiger partial charge in [0.2, 0.25) is 5.91 Å². The van der Waals surface area contributed by atoms with Gasteiger partial charge < -0.3 is 20.7 Å². The van der Waals surface area contributed by atoms with Gasteiger partial charge in [-0.05, 0) is 43.5 Å². The number of amides is 2. The summed E-state index contributed by atoms with van der Waals surface area (Å²) < 4.78 is 5.38. The van der Waals surface area contributed by atoms with Crippen LogP contribution in [0.4, 0.5) is 5.69 Å². The molecule has 0 bridgehead atoms. The minimum atomic E-state index is -0.340. The van der Waals surface area contributed by atoms with Crippen molar-refractivity contribution in [1.29, 1.82) is 0 Å². The predicted octanol–water partition coefficient (Wildman–Crippen LogP) is 1.03. The van der Waals surface area contributed by atoms with Gasteiger partial charge in [-0.3, -0.25) is 9.59 Å². The van der Waals surface area contributed by atoms with Crippen LogP contribution in [0.1, 0.15) is 24.8 Å². The Hall–Kier alpha value is -1.92. The Kier molecular flexibility index (Phi) is 5.25. The van der Waals surface area contributed by atoms with Crippen LogP contribution in [-0.2, 0) is 20.9 Å². The average Bonchev–Trinajstić information content (AvgIpc) is 3.25. The van der Waals surface area contributed by atoms with E-state index in [9.17, 15) is 9.59 Å². The summed E-state index contributed by atoms with van der Waals surface area (Å²) in [6, 6.07) is 7.55. The van der Waals surface area contributed by atoms with Gasteiger partial charge >= 0.3 is 0 Å². The van der Waals surface area contributed by atoms with Gasteiger partial charge in [-0.15, -0.1) is 0 Å². The molecule has 6 heteroatoms. The summed E-state index contributed by atoms with van der Waals surface area (Å²) >= 11 is 0. The summed E-state index contributed by atoms with van der Waals surface area (Å²) in [5.74, 6) is 0.0573. The van der Waals surface area contributed by atoms with Crippen molar-refractivity contribution in [3.8, 4) is 0 Å². The largest absolute Gasteiger partial charge is 0.368 e. The van der Waals surface area contributed by atoms with Crippen molar-refractivity contribution in [1.82, 2.24) is 10.6 Å². The van der Waals surface area contributed by atoms with E-state index in [0.29, 0.717) is 13.2 Å². The molecule has 2 fully saturated rings. The summed E-state index contributed by atoms with van der Waals surface area (Å²) in [6.07, 6.45) is 2.26. The number of carbonyl (C=O) groups excluding carboxylic acids is 2. The van der Waals surface area contributed by atoms with Crippen molar-refractivity contribution < 1.29 is 14.3 Å². The molecule has 3 rings (SSSR count). The zero-order chi connectivity index (χ0) is 16.1. The van der Waals surface area contributed by atoms with E-state index in [2.05, 4.69) is 16.0 Å². The first-order valence-corrected chi connectivity index (χ1v) is 8.22. The summed E-state index contributed by atoms with van der Waals surface area (Å²) in [5.41, 5.74) is 1.70. The highest BCUT2D eigenvalue weighted by atomic mass is 16.5. The number of rotatable bonds is 5. The fraction of sp³-hybridized carbons (Fsp3) is 0.529. The molecule has 1 aromatic rings. The number of hydrogen-bond acceptors (Lipinski definition) is 4. The van der Waals surface area contributed by atoms with E-state index in [4.69, 9.17) is 4.74 Å². The standard InChI is InChI=1S/C17H23N3O3/c21-16(13-6-7-18-11-13)19-10-12-3-1-4-14(9-12)20-17(22)15-5-2-8-23-15/h1,3-4,9,13,15,18H,2,5-8,10-11H2,(H,19,21)(H,20,22). The molecule has 2 aliphatic heterocycles. The molecular weight excluding hydrogens is 294 g/mol. The lowest BCUT2D eigenvalue weighted by atomic mass is 10.1. The van der Waals surface area contributed by atoms with E-state index in [1.54, 1.807) is 0 Å². The van der Waals surface area contributed by atoms with Gasteiger partial charge in [-0.2, -0.15) is 0 Å². The maximum atomic E-state index is 12.1. The van der Waals surface area contributed by atoms with E-state index in [1.165, 1.54) is 0 Å². The van der Waals surface area contributed by atoms with Crippen LogP contribution in [-0.4, -0.2) is 37.6 Å². The third-order valence-electron chi connectivity index (χ3n) is 4.31. The van der Waals surface area contributed by atoms with Gasteiger partial charge in [0.05, 0.1) is 5.92 Å². The van der Waals surface area contributed by atoms with Crippen molar-refractivity contribution in [2.24, 2.45) is 5.92 Å². The molecule has 3 N–H and O–H groups in total. The first-order chi connectivity index (χ1) is 11.2. The van der Waals surface area contributed by atoms with E-state index in [0.717, 1.165) is 43.6 Å². The summed E-state index contributed by atoms with van der Waals surface area (Å²) in [7, 11) is 0. The van der Waals surface area contributed by atoms with Crippen LogP contribution >= 0.6 is 0 Å². The highest BCUT2D eigenvalue weighted by Crippen LogP contribution is 2.16. The average molecular weight is 317 g/mol. The molecule has 23 heavy (non-hydrogen) atoms. The van der Waals surface area contributed by atoms with Gasteiger partial charge in [0.15, 0.2) is 0 Å². The summed E-state index contributed by atoms with van der Waals surface area (Å²) in [5, 5.41) is 9.03. The van der Waals surface area contributed by atoms with Crippen LogP contribution in [0.2, 0.25) is 0 Å². The minimum Gasteiger partial charge on any atom is -0.368 e. The Balaban J connectivity index is 1.52. The van der Waals surface area contributed by atoms with Crippen LogP contribution in [0.25, 0.3) is 0 Å². The fourth-order valence-corrected chi connectivity index (χ4v) is 2.98. The second-order valence-corrected chi connectivity index (χ2v) is 6.10. The topological polar surface area (TPSA) is 79.5 Å². The molecule has 0 aliphatic carbocycles. The second kappa shape index (κ2) is 7.57. The lowest BCUT2D eigenvalue weighted by Crippen LogP contribution is -2.31. The van der Waals surface area contributed by atoms with Crippen LogP contribution < -0.4 is 16.0 Å². The third-order valence-corrected chi connectivity index (χ3v) is 4.31. The molecule has 0 aromatic heterocycles. The van der Waals surface area contributed by atoms with Crippen molar-refractivity contribution in [3.63, 3.8) is 0 Å². The van der Waals surface area contributed by atoms with E-state index in [1.807, 2.05) is 24.3 Å². The van der Waals surface area contributed by atoms with Crippen LogP contribution in [0.3, 0.4) is 0 Å². The zero-order valence-corrected chi connectivity index (χ0v) is 13.1. The zero-order valence-electron chi connectivity index (χ0n) is 13.1. The van der Waals surface area contributed by atoms with Crippen LogP contribution in [0, 0.1) is 5.92 Å². The Labute approximate surface area is 136 Å². The molecule has 0 radical (unpaired) electrons. The number of nitrogens with one attached hydrogen (secondary N) is 3. The number of carbonyl (C=O) groups is 2. The molecule has 1 aromatic carbocycles. The quantitative estimate of drug-likeness (QED) is 0.758. The Bertz CT molecular complexity index is 564. The van der Waals surface area contributed by atoms with Gasteiger partial charge in [0, 0.05) is 25.4 Å². The SMILES string of the molecule is O=C(NCc1cccc(NC(=O)C2CCCO2)c1)C1CCNC1. The molecule has 2 saturated heterocycles. The number of ether oxygens (including phenoxy) is 1. The Morgan fingerprint density at radius 1 is 1.26 bits per heavy atom. The van der Waals surface area contributed by atoms with Crippen molar-refractivity contribution in [3.05, 3.63) is 29.8 Å². The molecule has 2 atom stereocenters. The highest BCUT2D eigenvalue weighted by Gasteiger charge is 2.24. The second-order valence-electron chi connectivity index (χ2n) is 6.10. The summed E-state index contributed by atoms with van der Waals surface area (Å²) in [6.45, 7) is 2.78. The maximum absolute atomic E-state index is 12.1. The normalized spacial score (nSPS) is 23.7. The molecule has 2 amide bonds. The molecular formula is C17H23N3O3. The van der Waals surface area contributed by atoms with Gasteiger partial charge in [0.1, 0.15) is 6.10 Å². The third kappa shape index (κ3) is 4.30. The highest BCUT2D eigenvalue weighted by molar-refractivity contribution is 5.94.